The Morgan fingerprint density at radius 3 is 2.33 bits per heavy atom. The summed E-state index contributed by atoms with van der Waals surface area (Å²) in [7, 11) is -1.59. The predicted molar refractivity (Wildman–Crippen MR) is 88.0 cm³/mol. The molecule has 0 aliphatic heterocycles. The van der Waals surface area contributed by atoms with Crippen molar-refractivity contribution in [2.75, 3.05) is 13.6 Å². The summed E-state index contributed by atoms with van der Waals surface area (Å²) in [5, 5.41) is 3.08. The second kappa shape index (κ2) is 7.38. The number of benzene rings is 1. The van der Waals surface area contributed by atoms with E-state index in [1.807, 2.05) is 47.7 Å². The van der Waals surface area contributed by atoms with E-state index in [1.165, 1.54) is 0 Å². The fourth-order valence-corrected chi connectivity index (χ4v) is 4.55. The van der Waals surface area contributed by atoms with Crippen LogP contribution in [0.4, 0.5) is 0 Å². The van der Waals surface area contributed by atoms with Crippen LogP contribution < -0.4 is 5.32 Å². The molecule has 1 aromatic carbocycles. The van der Waals surface area contributed by atoms with Crippen LogP contribution in [0.1, 0.15) is 43.9 Å². The summed E-state index contributed by atoms with van der Waals surface area (Å²) in [6.45, 7) is 10.9. The van der Waals surface area contributed by atoms with Crippen molar-refractivity contribution in [3.63, 3.8) is 0 Å². The Balaban J connectivity index is 3.41. The average Bonchev–Trinajstić information content (AvgIpc) is 2.39. The van der Waals surface area contributed by atoms with E-state index in [1.54, 1.807) is 10.4 Å². The van der Waals surface area contributed by atoms with Crippen LogP contribution in [-0.4, -0.2) is 32.4 Å². The van der Waals surface area contributed by atoms with E-state index in [4.69, 9.17) is 0 Å². The number of hydrogen-bond acceptors (Lipinski definition) is 3. The summed E-state index contributed by atoms with van der Waals surface area (Å²) in [6.07, 6.45) is 0.811. The van der Waals surface area contributed by atoms with Crippen molar-refractivity contribution < 1.29 is 8.42 Å². The first-order chi connectivity index (χ1) is 9.75. The zero-order valence-corrected chi connectivity index (χ0v) is 14.8. The first-order valence-corrected chi connectivity index (χ1v) is 8.96. The Labute approximate surface area is 129 Å². The third-order valence-electron chi connectivity index (χ3n) is 3.67. The number of rotatable bonds is 7. The molecule has 0 atom stereocenters. The smallest absolute Gasteiger partial charge is 0.243 e. The molecule has 1 N–H and O–H groups in total. The van der Waals surface area contributed by atoms with Crippen LogP contribution in [0.25, 0.3) is 0 Å². The van der Waals surface area contributed by atoms with Gasteiger partial charge in [0.2, 0.25) is 10.0 Å². The highest BCUT2D eigenvalue weighted by Crippen LogP contribution is 2.26. The van der Waals surface area contributed by atoms with Crippen molar-refractivity contribution in [2.45, 2.75) is 58.5 Å². The zero-order valence-electron chi connectivity index (χ0n) is 14.0. The molecule has 0 amide bonds. The lowest BCUT2D eigenvalue weighted by Crippen LogP contribution is -2.38. The molecule has 1 aromatic rings. The molecule has 0 heterocycles. The monoisotopic (exact) mass is 312 g/mol. The summed E-state index contributed by atoms with van der Waals surface area (Å²) >= 11 is 0. The molecule has 0 aliphatic carbocycles. The normalized spacial score (nSPS) is 12.4. The minimum absolute atomic E-state index is 0.0392. The minimum atomic E-state index is -3.45. The molecule has 0 bridgehead atoms. The molecule has 21 heavy (non-hydrogen) atoms. The molecule has 0 aliphatic rings. The highest BCUT2D eigenvalue weighted by Gasteiger charge is 2.28. The van der Waals surface area contributed by atoms with Gasteiger partial charge in [-0.3, -0.25) is 0 Å². The van der Waals surface area contributed by atoms with Crippen molar-refractivity contribution in [1.29, 1.82) is 0 Å². The predicted octanol–water partition coefficient (Wildman–Crippen LogP) is 2.83. The first-order valence-electron chi connectivity index (χ1n) is 7.52. The fraction of sp³-hybridized carbons (Fsp3) is 0.625. The summed E-state index contributed by atoms with van der Waals surface area (Å²) in [5.74, 6) is 0. The molecule has 1 rings (SSSR count). The van der Waals surface area contributed by atoms with Crippen molar-refractivity contribution in [3.05, 3.63) is 28.8 Å². The molecular formula is C16H28N2O2S. The largest absolute Gasteiger partial charge is 0.316 e. The molecule has 0 saturated carbocycles. The number of sulfonamides is 1. The van der Waals surface area contributed by atoms with Crippen LogP contribution in [0.2, 0.25) is 0 Å². The SMILES string of the molecule is CCCN(C(C)C)S(=O)(=O)c1cc(CNC)cc(C)c1C. The number of aryl methyl sites for hydroxylation is 1. The van der Waals surface area contributed by atoms with Gasteiger partial charge in [-0.1, -0.05) is 13.0 Å². The Bertz CT molecular complexity index is 580. The van der Waals surface area contributed by atoms with E-state index >= 15 is 0 Å². The average molecular weight is 312 g/mol. The van der Waals surface area contributed by atoms with Crippen LogP contribution in [-0.2, 0) is 16.6 Å². The van der Waals surface area contributed by atoms with Gasteiger partial charge >= 0.3 is 0 Å². The van der Waals surface area contributed by atoms with Gasteiger partial charge in [0.1, 0.15) is 0 Å². The van der Waals surface area contributed by atoms with Crippen LogP contribution in [0.3, 0.4) is 0 Å². The highest BCUT2D eigenvalue weighted by atomic mass is 32.2. The van der Waals surface area contributed by atoms with E-state index in [2.05, 4.69) is 5.32 Å². The maximum Gasteiger partial charge on any atom is 0.243 e. The summed E-state index contributed by atoms with van der Waals surface area (Å²) in [4.78, 5) is 0.440. The third kappa shape index (κ3) is 4.05. The van der Waals surface area contributed by atoms with Crippen LogP contribution in [0.15, 0.2) is 17.0 Å². The Morgan fingerprint density at radius 2 is 1.86 bits per heavy atom. The van der Waals surface area contributed by atoms with Gasteiger partial charge in [-0.05, 0) is 63.9 Å². The summed E-state index contributed by atoms with van der Waals surface area (Å²) in [6, 6.07) is 3.81. The van der Waals surface area contributed by atoms with Gasteiger partial charge in [-0.25, -0.2) is 8.42 Å². The van der Waals surface area contributed by atoms with E-state index in [-0.39, 0.29) is 6.04 Å². The second-order valence-corrected chi connectivity index (χ2v) is 7.63. The molecule has 4 nitrogen and oxygen atoms in total. The van der Waals surface area contributed by atoms with E-state index in [9.17, 15) is 8.42 Å². The van der Waals surface area contributed by atoms with Gasteiger partial charge in [0.25, 0.3) is 0 Å². The lowest BCUT2D eigenvalue weighted by molar-refractivity contribution is 0.354. The number of nitrogens with one attached hydrogen (secondary N) is 1. The van der Waals surface area contributed by atoms with Crippen molar-refractivity contribution in [1.82, 2.24) is 9.62 Å². The lowest BCUT2D eigenvalue weighted by atomic mass is 10.1. The number of nitrogens with zero attached hydrogens (tertiary/aromatic N) is 1. The van der Waals surface area contributed by atoms with E-state index in [0.29, 0.717) is 18.0 Å². The van der Waals surface area contributed by atoms with Gasteiger partial charge < -0.3 is 5.32 Å². The fourth-order valence-electron chi connectivity index (χ4n) is 2.48. The molecule has 0 aromatic heterocycles. The van der Waals surface area contributed by atoms with Crippen molar-refractivity contribution in [3.8, 4) is 0 Å². The Morgan fingerprint density at radius 1 is 1.24 bits per heavy atom. The third-order valence-corrected chi connectivity index (χ3v) is 5.87. The standard InChI is InChI=1S/C16H28N2O2S/c1-7-8-18(12(2)3)21(19,20)16-10-15(11-17-6)9-13(4)14(16)5/h9-10,12,17H,7-8,11H2,1-6H3. The first kappa shape index (κ1) is 18.1. The second-order valence-electron chi connectivity index (χ2n) is 5.78. The Hall–Kier alpha value is -0.910. The van der Waals surface area contributed by atoms with Gasteiger partial charge in [0.15, 0.2) is 0 Å². The molecule has 0 fully saturated rings. The van der Waals surface area contributed by atoms with Crippen LogP contribution in [0.5, 0.6) is 0 Å². The molecule has 120 valence electrons. The van der Waals surface area contributed by atoms with Crippen LogP contribution in [0, 0.1) is 13.8 Å². The number of hydrogen-bond donors (Lipinski definition) is 1. The van der Waals surface area contributed by atoms with E-state index < -0.39 is 10.0 Å². The van der Waals surface area contributed by atoms with Gasteiger partial charge in [-0.2, -0.15) is 4.31 Å². The van der Waals surface area contributed by atoms with Crippen molar-refractivity contribution >= 4 is 10.0 Å². The lowest BCUT2D eigenvalue weighted by Gasteiger charge is -2.27. The molecule has 0 unspecified atom stereocenters. The molecule has 5 heteroatoms. The van der Waals surface area contributed by atoms with Gasteiger partial charge in [0, 0.05) is 19.1 Å². The van der Waals surface area contributed by atoms with Gasteiger partial charge in [0.05, 0.1) is 4.90 Å². The maximum absolute atomic E-state index is 13.0. The summed E-state index contributed by atoms with van der Waals surface area (Å²) < 4.78 is 27.6. The molecule has 0 spiro atoms. The topological polar surface area (TPSA) is 49.4 Å². The van der Waals surface area contributed by atoms with E-state index in [0.717, 1.165) is 23.1 Å². The van der Waals surface area contributed by atoms with Crippen LogP contribution >= 0.6 is 0 Å². The maximum atomic E-state index is 13.0. The quantitative estimate of drug-likeness (QED) is 0.842. The molecule has 0 saturated heterocycles. The molecule has 0 radical (unpaired) electrons. The Kier molecular flexibility index (Phi) is 6.38. The molecular weight excluding hydrogens is 284 g/mol. The minimum Gasteiger partial charge on any atom is -0.316 e. The van der Waals surface area contributed by atoms with Crippen molar-refractivity contribution in [2.24, 2.45) is 0 Å². The zero-order chi connectivity index (χ0) is 16.2. The van der Waals surface area contributed by atoms with Gasteiger partial charge in [-0.15, -0.1) is 0 Å². The summed E-state index contributed by atoms with van der Waals surface area (Å²) in [5.41, 5.74) is 2.86. The highest BCUT2D eigenvalue weighted by molar-refractivity contribution is 7.89.